The van der Waals surface area contributed by atoms with Gasteiger partial charge in [0.15, 0.2) is 17.5 Å². The smallest absolute Gasteiger partial charge is 0.164 e. The van der Waals surface area contributed by atoms with Crippen LogP contribution in [0, 0.1) is 0 Å². The van der Waals surface area contributed by atoms with Crippen molar-refractivity contribution in [3.63, 3.8) is 0 Å². The summed E-state index contributed by atoms with van der Waals surface area (Å²) >= 11 is 0. The van der Waals surface area contributed by atoms with Gasteiger partial charge in [-0.2, -0.15) is 0 Å². The lowest BCUT2D eigenvalue weighted by molar-refractivity contribution is 1.07. The highest BCUT2D eigenvalue weighted by Gasteiger charge is 2.20. The Bertz CT molecular complexity index is 2470. The van der Waals surface area contributed by atoms with E-state index in [1.165, 1.54) is 0 Å². The molecule has 6 heteroatoms. The molecule has 0 amide bonds. The van der Waals surface area contributed by atoms with Gasteiger partial charge in [0.05, 0.1) is 17.2 Å². The maximum Gasteiger partial charge on any atom is 0.164 e. The fourth-order valence-electron chi connectivity index (χ4n) is 6.53. The van der Waals surface area contributed by atoms with E-state index in [0.717, 1.165) is 66.6 Å². The Morgan fingerprint density at radius 2 is 0.898 bits per heavy atom. The summed E-state index contributed by atoms with van der Waals surface area (Å²) in [5.74, 6) is 2.75. The summed E-state index contributed by atoms with van der Waals surface area (Å²) in [6.45, 7) is 0. The predicted molar refractivity (Wildman–Crippen MR) is 197 cm³/mol. The second-order valence-corrected chi connectivity index (χ2v) is 11.8. The summed E-state index contributed by atoms with van der Waals surface area (Å²) in [6, 6.07) is 51.6. The van der Waals surface area contributed by atoms with Crippen LogP contribution >= 0.6 is 0 Å². The normalized spacial score (nSPS) is 11.3. The number of nitrogens with zero attached hydrogens (tertiary/aromatic N) is 6. The van der Waals surface area contributed by atoms with Crippen LogP contribution in [0.15, 0.2) is 170 Å². The number of rotatable bonds is 6. The molecule has 0 aliphatic carbocycles. The van der Waals surface area contributed by atoms with Gasteiger partial charge in [0, 0.05) is 45.4 Å². The van der Waals surface area contributed by atoms with E-state index in [0.29, 0.717) is 17.5 Å². The zero-order chi connectivity index (χ0) is 32.6. The number of hydrogen-bond acceptors (Lipinski definition) is 5. The molecule has 0 N–H and O–H groups in total. The standard InChI is InChI=1S/C43H28N6/c1-4-12-30(13-5-1)39-34(25-27-45-43(39)49-37-19-11-10-18-35(37)36-24-26-44-28-38(36)49)29-20-22-33(23-21-29)42-47-40(31-14-6-2-7-15-31)46-41(48-42)32-16-8-3-9-17-32/h1-28H. The Kier molecular flexibility index (Phi) is 7.02. The summed E-state index contributed by atoms with van der Waals surface area (Å²) in [4.78, 5) is 24.2. The third-order valence-electron chi connectivity index (χ3n) is 8.83. The summed E-state index contributed by atoms with van der Waals surface area (Å²) < 4.78 is 2.24. The number of para-hydroxylation sites is 1. The monoisotopic (exact) mass is 628 g/mol. The van der Waals surface area contributed by atoms with Crippen LogP contribution in [0.25, 0.3) is 84.0 Å². The van der Waals surface area contributed by atoms with Crippen LogP contribution in [0.3, 0.4) is 0 Å². The van der Waals surface area contributed by atoms with E-state index in [-0.39, 0.29) is 0 Å². The van der Waals surface area contributed by atoms with Gasteiger partial charge in [-0.05, 0) is 34.9 Å². The van der Waals surface area contributed by atoms with E-state index >= 15 is 0 Å². The SMILES string of the molecule is c1ccc(-c2nc(-c3ccccc3)nc(-c3ccc(-c4ccnc(-n5c6ccccc6c6ccncc65)c4-c4ccccc4)cc3)n2)cc1. The van der Waals surface area contributed by atoms with Gasteiger partial charge >= 0.3 is 0 Å². The van der Waals surface area contributed by atoms with Crippen molar-refractivity contribution in [2.45, 2.75) is 0 Å². The topological polar surface area (TPSA) is 69.4 Å². The zero-order valence-electron chi connectivity index (χ0n) is 26.3. The molecule has 0 aliphatic rings. The van der Waals surface area contributed by atoms with Crippen LogP contribution in [0.2, 0.25) is 0 Å². The van der Waals surface area contributed by atoms with Gasteiger partial charge in [-0.3, -0.25) is 9.55 Å². The second-order valence-electron chi connectivity index (χ2n) is 11.8. The van der Waals surface area contributed by atoms with Crippen LogP contribution in [-0.4, -0.2) is 29.5 Å². The number of fused-ring (bicyclic) bond motifs is 3. The third kappa shape index (κ3) is 5.12. The maximum atomic E-state index is 5.03. The van der Waals surface area contributed by atoms with Crippen molar-refractivity contribution in [1.82, 2.24) is 29.5 Å². The van der Waals surface area contributed by atoms with E-state index in [2.05, 4.69) is 94.5 Å². The minimum atomic E-state index is 0.621. The molecule has 0 radical (unpaired) electrons. The Balaban J connectivity index is 1.21. The highest BCUT2D eigenvalue weighted by Crippen LogP contribution is 2.40. The molecule has 0 fully saturated rings. The Morgan fingerprint density at radius 3 is 1.53 bits per heavy atom. The summed E-state index contributed by atoms with van der Waals surface area (Å²) in [5, 5.41) is 2.31. The van der Waals surface area contributed by atoms with Crippen molar-refractivity contribution in [2.24, 2.45) is 0 Å². The van der Waals surface area contributed by atoms with Gasteiger partial charge in [0.2, 0.25) is 0 Å². The molecule has 4 heterocycles. The molecule has 9 rings (SSSR count). The quantitative estimate of drug-likeness (QED) is 0.183. The van der Waals surface area contributed by atoms with Gasteiger partial charge in [0.25, 0.3) is 0 Å². The van der Waals surface area contributed by atoms with Gasteiger partial charge in [-0.25, -0.2) is 19.9 Å². The number of pyridine rings is 2. The van der Waals surface area contributed by atoms with Crippen LogP contribution in [0.5, 0.6) is 0 Å². The van der Waals surface area contributed by atoms with Gasteiger partial charge < -0.3 is 0 Å². The van der Waals surface area contributed by atoms with E-state index in [1.807, 2.05) is 85.3 Å². The molecule has 9 aromatic rings. The molecule has 6 nitrogen and oxygen atoms in total. The van der Waals surface area contributed by atoms with E-state index in [9.17, 15) is 0 Å². The minimum Gasteiger partial charge on any atom is -0.292 e. The largest absolute Gasteiger partial charge is 0.292 e. The van der Waals surface area contributed by atoms with Gasteiger partial charge in [-0.15, -0.1) is 0 Å². The van der Waals surface area contributed by atoms with Crippen LogP contribution in [0.4, 0.5) is 0 Å². The van der Waals surface area contributed by atoms with Crippen molar-refractivity contribution in [1.29, 1.82) is 0 Å². The highest BCUT2D eigenvalue weighted by molar-refractivity contribution is 6.09. The first kappa shape index (κ1) is 28.4. The summed E-state index contributed by atoms with van der Waals surface area (Å²) in [6.07, 6.45) is 5.67. The number of hydrogen-bond donors (Lipinski definition) is 0. The highest BCUT2D eigenvalue weighted by atomic mass is 15.1. The summed E-state index contributed by atoms with van der Waals surface area (Å²) in [7, 11) is 0. The lowest BCUT2D eigenvalue weighted by Crippen LogP contribution is -2.02. The molecule has 4 aromatic heterocycles. The molecule has 0 atom stereocenters. The number of benzene rings is 5. The Morgan fingerprint density at radius 1 is 0.388 bits per heavy atom. The van der Waals surface area contributed by atoms with Crippen molar-refractivity contribution in [3.05, 3.63) is 170 Å². The first-order valence-electron chi connectivity index (χ1n) is 16.2. The van der Waals surface area contributed by atoms with Crippen molar-refractivity contribution < 1.29 is 0 Å². The molecule has 0 unspecified atom stereocenters. The van der Waals surface area contributed by atoms with Gasteiger partial charge in [-0.1, -0.05) is 133 Å². The average Bonchev–Trinajstić information content (AvgIpc) is 3.53. The fourth-order valence-corrected chi connectivity index (χ4v) is 6.53. The predicted octanol–water partition coefficient (Wildman–Crippen LogP) is 10.1. The lowest BCUT2D eigenvalue weighted by Gasteiger charge is -2.17. The van der Waals surface area contributed by atoms with Crippen molar-refractivity contribution in [2.75, 3.05) is 0 Å². The number of aromatic nitrogens is 6. The van der Waals surface area contributed by atoms with Crippen LogP contribution < -0.4 is 0 Å². The Hall–Kier alpha value is -6.79. The second kappa shape index (κ2) is 12.1. The van der Waals surface area contributed by atoms with E-state index < -0.39 is 0 Å². The van der Waals surface area contributed by atoms with Crippen molar-refractivity contribution >= 4 is 21.8 Å². The van der Waals surface area contributed by atoms with Crippen LogP contribution in [-0.2, 0) is 0 Å². The molecule has 49 heavy (non-hydrogen) atoms. The Labute approximate surface area is 283 Å². The lowest BCUT2D eigenvalue weighted by atomic mass is 9.94. The molecule has 0 spiro atoms. The van der Waals surface area contributed by atoms with E-state index in [4.69, 9.17) is 19.9 Å². The molecule has 230 valence electrons. The minimum absolute atomic E-state index is 0.621. The zero-order valence-corrected chi connectivity index (χ0v) is 26.3. The van der Waals surface area contributed by atoms with Gasteiger partial charge in [0.1, 0.15) is 5.82 Å². The molecule has 0 bridgehead atoms. The fraction of sp³-hybridized carbons (Fsp3) is 0. The molecule has 0 saturated heterocycles. The molecular weight excluding hydrogens is 601 g/mol. The molecule has 0 saturated carbocycles. The van der Waals surface area contributed by atoms with Crippen LogP contribution in [0.1, 0.15) is 0 Å². The van der Waals surface area contributed by atoms with Crippen molar-refractivity contribution in [3.8, 4) is 62.2 Å². The first-order valence-corrected chi connectivity index (χ1v) is 16.2. The summed E-state index contributed by atoms with van der Waals surface area (Å²) in [5.41, 5.74) is 9.14. The first-order chi connectivity index (χ1) is 24.3. The molecule has 5 aromatic carbocycles. The molecule has 0 aliphatic heterocycles. The maximum absolute atomic E-state index is 5.03. The van der Waals surface area contributed by atoms with E-state index in [1.54, 1.807) is 0 Å². The molecular formula is C43H28N6. The average molecular weight is 629 g/mol. The third-order valence-corrected chi connectivity index (χ3v) is 8.83.